The highest BCUT2D eigenvalue weighted by Gasteiger charge is 2.34. The summed E-state index contributed by atoms with van der Waals surface area (Å²) in [7, 11) is 0. The second-order valence-corrected chi connectivity index (χ2v) is 3.08. The summed E-state index contributed by atoms with van der Waals surface area (Å²) < 4.78 is 39.9. The van der Waals surface area contributed by atoms with Crippen molar-refractivity contribution in [1.29, 1.82) is 5.26 Å². The van der Waals surface area contributed by atoms with Gasteiger partial charge in [0.25, 0.3) is 0 Å². The summed E-state index contributed by atoms with van der Waals surface area (Å²) in [6.45, 7) is 1.19. The molecule has 0 heterocycles. The van der Waals surface area contributed by atoms with Gasteiger partial charge in [0.15, 0.2) is 0 Å². The maximum absolute atomic E-state index is 12.1. The zero-order chi connectivity index (χ0) is 13.2. The van der Waals surface area contributed by atoms with Crippen molar-refractivity contribution in [3.8, 4) is 11.8 Å². The van der Waals surface area contributed by atoms with Gasteiger partial charge in [0.2, 0.25) is 0 Å². The minimum Gasteiger partial charge on any atom is -0.478 e. The number of hydrogen-bond acceptors (Lipinski definition) is 3. The van der Waals surface area contributed by atoms with E-state index in [0.29, 0.717) is 0 Å². The smallest absolute Gasteiger partial charge is 0.478 e. The molecule has 0 saturated heterocycles. The zero-order valence-corrected chi connectivity index (χ0v) is 8.50. The van der Waals surface area contributed by atoms with Crippen LogP contribution in [0.15, 0.2) is 12.1 Å². The van der Waals surface area contributed by atoms with Crippen molar-refractivity contribution in [2.75, 3.05) is 0 Å². The average Bonchev–Trinajstić information content (AvgIpc) is 2.18. The molecule has 0 aliphatic rings. The van der Waals surface area contributed by atoms with Crippen LogP contribution in [0.2, 0.25) is 0 Å². The Bertz CT molecular complexity index is 503. The molecule has 0 bridgehead atoms. The van der Waals surface area contributed by atoms with E-state index in [0.717, 1.165) is 12.1 Å². The molecule has 0 spiro atoms. The minimum absolute atomic E-state index is 0.0748. The van der Waals surface area contributed by atoms with Gasteiger partial charge >= 0.3 is 12.3 Å². The lowest BCUT2D eigenvalue weighted by atomic mass is 10.0. The van der Waals surface area contributed by atoms with E-state index in [2.05, 4.69) is 4.74 Å². The second kappa shape index (κ2) is 4.33. The summed E-state index contributed by atoms with van der Waals surface area (Å²) in [6, 6.07) is 3.67. The SMILES string of the molecule is Cc1c(C#N)ccc(C(=O)O)c1OC(F)(F)F. The molecule has 17 heavy (non-hydrogen) atoms. The number of hydrogen-bond donors (Lipinski definition) is 1. The van der Waals surface area contributed by atoms with Crippen LogP contribution in [0.4, 0.5) is 13.2 Å². The van der Waals surface area contributed by atoms with Crippen molar-refractivity contribution in [3.63, 3.8) is 0 Å². The number of carboxylic acid groups (broad SMARTS) is 1. The molecule has 0 unspecified atom stereocenters. The molecule has 1 N–H and O–H groups in total. The van der Waals surface area contributed by atoms with E-state index < -0.39 is 23.6 Å². The Morgan fingerprint density at radius 1 is 1.47 bits per heavy atom. The molecular weight excluding hydrogens is 239 g/mol. The number of nitriles is 1. The molecular formula is C10H6F3NO3. The molecule has 7 heteroatoms. The fourth-order valence-electron chi connectivity index (χ4n) is 1.23. The fourth-order valence-corrected chi connectivity index (χ4v) is 1.23. The van der Waals surface area contributed by atoms with E-state index in [1.165, 1.54) is 6.92 Å². The molecule has 0 aliphatic carbocycles. The number of halogens is 3. The summed E-state index contributed by atoms with van der Waals surface area (Å²) in [6.07, 6.45) is -5.01. The number of alkyl halides is 3. The molecule has 1 aromatic rings. The topological polar surface area (TPSA) is 70.3 Å². The Hall–Kier alpha value is -2.23. The van der Waals surface area contributed by atoms with Gasteiger partial charge in [-0.05, 0) is 19.1 Å². The highest BCUT2D eigenvalue weighted by Crippen LogP contribution is 2.31. The maximum Gasteiger partial charge on any atom is 0.573 e. The number of rotatable bonds is 2. The lowest BCUT2D eigenvalue weighted by Gasteiger charge is -2.14. The van der Waals surface area contributed by atoms with Crippen LogP contribution in [0.25, 0.3) is 0 Å². The molecule has 0 saturated carbocycles. The van der Waals surface area contributed by atoms with Gasteiger partial charge in [-0.15, -0.1) is 13.2 Å². The number of nitrogens with zero attached hydrogens (tertiary/aromatic N) is 1. The van der Waals surface area contributed by atoms with E-state index >= 15 is 0 Å². The number of carboxylic acids is 1. The van der Waals surface area contributed by atoms with Crippen LogP contribution in [0, 0.1) is 18.3 Å². The first-order valence-corrected chi connectivity index (χ1v) is 4.29. The van der Waals surface area contributed by atoms with Gasteiger partial charge in [-0.2, -0.15) is 5.26 Å². The van der Waals surface area contributed by atoms with Crippen molar-refractivity contribution >= 4 is 5.97 Å². The molecule has 0 radical (unpaired) electrons. The zero-order valence-electron chi connectivity index (χ0n) is 8.50. The third kappa shape index (κ3) is 2.87. The molecule has 0 atom stereocenters. The molecule has 90 valence electrons. The van der Waals surface area contributed by atoms with Gasteiger partial charge in [-0.1, -0.05) is 0 Å². The number of benzene rings is 1. The summed E-state index contributed by atoms with van der Waals surface area (Å²) in [5.74, 6) is -2.42. The van der Waals surface area contributed by atoms with Crippen LogP contribution in [0.3, 0.4) is 0 Å². The number of carbonyl (C=O) groups is 1. The molecule has 4 nitrogen and oxygen atoms in total. The van der Waals surface area contributed by atoms with Crippen LogP contribution in [0.1, 0.15) is 21.5 Å². The van der Waals surface area contributed by atoms with E-state index in [1.807, 2.05) is 0 Å². The van der Waals surface area contributed by atoms with Crippen molar-refractivity contribution in [2.45, 2.75) is 13.3 Å². The van der Waals surface area contributed by atoms with Crippen LogP contribution in [-0.4, -0.2) is 17.4 Å². The monoisotopic (exact) mass is 245 g/mol. The van der Waals surface area contributed by atoms with Gasteiger partial charge in [0.05, 0.1) is 11.6 Å². The normalized spacial score (nSPS) is 10.8. The Morgan fingerprint density at radius 3 is 2.47 bits per heavy atom. The molecule has 1 rings (SSSR count). The minimum atomic E-state index is -5.01. The van der Waals surface area contributed by atoms with Crippen LogP contribution in [-0.2, 0) is 0 Å². The number of ether oxygens (including phenoxy) is 1. The fraction of sp³-hybridized carbons (Fsp3) is 0.200. The Balaban J connectivity index is 3.41. The first kappa shape index (κ1) is 12.8. The van der Waals surface area contributed by atoms with Crippen molar-refractivity contribution in [1.82, 2.24) is 0 Å². The average molecular weight is 245 g/mol. The largest absolute Gasteiger partial charge is 0.573 e. The summed E-state index contributed by atoms with van der Waals surface area (Å²) in [4.78, 5) is 10.7. The first-order chi connectivity index (χ1) is 7.76. The lowest BCUT2D eigenvalue weighted by Crippen LogP contribution is -2.20. The van der Waals surface area contributed by atoms with Gasteiger partial charge in [-0.25, -0.2) is 4.79 Å². The summed E-state index contributed by atoms with van der Waals surface area (Å²) in [5.41, 5.74) is -0.877. The van der Waals surface area contributed by atoms with Crippen LogP contribution < -0.4 is 4.74 Å². The Labute approximate surface area is 93.8 Å². The lowest BCUT2D eigenvalue weighted by molar-refractivity contribution is -0.275. The molecule has 1 aromatic carbocycles. The summed E-state index contributed by atoms with van der Waals surface area (Å²) in [5, 5.41) is 17.4. The highest BCUT2D eigenvalue weighted by atomic mass is 19.4. The highest BCUT2D eigenvalue weighted by molar-refractivity contribution is 5.91. The third-order valence-corrected chi connectivity index (χ3v) is 1.97. The van der Waals surface area contributed by atoms with Gasteiger partial charge in [-0.3, -0.25) is 0 Å². The second-order valence-electron chi connectivity index (χ2n) is 3.08. The predicted molar refractivity (Wildman–Crippen MR) is 49.5 cm³/mol. The molecule has 0 amide bonds. The van der Waals surface area contributed by atoms with E-state index in [9.17, 15) is 18.0 Å². The van der Waals surface area contributed by atoms with Gasteiger partial charge < -0.3 is 9.84 Å². The molecule has 0 aliphatic heterocycles. The van der Waals surface area contributed by atoms with E-state index in [-0.39, 0.29) is 11.1 Å². The van der Waals surface area contributed by atoms with Crippen molar-refractivity contribution in [2.24, 2.45) is 0 Å². The first-order valence-electron chi connectivity index (χ1n) is 4.29. The number of aromatic carboxylic acids is 1. The molecule has 0 aromatic heterocycles. The van der Waals surface area contributed by atoms with Gasteiger partial charge in [0.1, 0.15) is 11.3 Å². The van der Waals surface area contributed by atoms with Gasteiger partial charge in [0, 0.05) is 5.56 Å². The summed E-state index contributed by atoms with van der Waals surface area (Å²) >= 11 is 0. The predicted octanol–water partition coefficient (Wildman–Crippen LogP) is 2.46. The quantitative estimate of drug-likeness (QED) is 0.868. The maximum atomic E-state index is 12.1. The van der Waals surface area contributed by atoms with E-state index in [4.69, 9.17) is 10.4 Å². The Kier molecular flexibility index (Phi) is 3.27. The van der Waals surface area contributed by atoms with Crippen LogP contribution >= 0.6 is 0 Å². The Morgan fingerprint density at radius 2 is 2.06 bits per heavy atom. The van der Waals surface area contributed by atoms with E-state index in [1.54, 1.807) is 6.07 Å². The third-order valence-electron chi connectivity index (χ3n) is 1.97. The van der Waals surface area contributed by atoms with Crippen LogP contribution in [0.5, 0.6) is 5.75 Å². The standard InChI is InChI=1S/C10H6F3NO3/c1-5-6(4-14)2-3-7(9(15)16)8(5)17-10(11,12)13/h2-3H,1H3,(H,15,16). The van der Waals surface area contributed by atoms with Crippen molar-refractivity contribution < 1.29 is 27.8 Å². The van der Waals surface area contributed by atoms with Crippen molar-refractivity contribution in [3.05, 3.63) is 28.8 Å². The molecule has 0 fully saturated rings.